The summed E-state index contributed by atoms with van der Waals surface area (Å²) in [6.07, 6.45) is -3.59. The second kappa shape index (κ2) is 5.00. The number of hydrogen-bond acceptors (Lipinski definition) is 4. The summed E-state index contributed by atoms with van der Waals surface area (Å²) >= 11 is 0. The molecular weight excluding hydrogens is 260 g/mol. The summed E-state index contributed by atoms with van der Waals surface area (Å²) in [7, 11) is 1.75. The highest BCUT2D eigenvalue weighted by Crippen LogP contribution is 2.41. The number of ether oxygens (including phenoxy) is 2. The third-order valence-electron chi connectivity index (χ3n) is 2.63. The molecule has 0 unspecified atom stereocenters. The van der Waals surface area contributed by atoms with Gasteiger partial charge >= 0.3 is 12.3 Å². The lowest BCUT2D eigenvalue weighted by Gasteiger charge is -2.15. The van der Waals surface area contributed by atoms with E-state index in [1.54, 1.807) is 18.0 Å². The van der Waals surface area contributed by atoms with E-state index in [1.807, 2.05) is 0 Å². The largest absolute Gasteiger partial charge is 0.586 e. The van der Waals surface area contributed by atoms with Gasteiger partial charge in [-0.05, 0) is 24.7 Å². The van der Waals surface area contributed by atoms with Crippen LogP contribution in [-0.2, 0) is 11.3 Å². The van der Waals surface area contributed by atoms with E-state index < -0.39 is 12.3 Å². The molecule has 7 heteroatoms. The van der Waals surface area contributed by atoms with Crippen LogP contribution in [0.25, 0.3) is 0 Å². The molecule has 0 amide bonds. The molecule has 0 spiro atoms. The van der Waals surface area contributed by atoms with Gasteiger partial charge in [0.2, 0.25) is 0 Å². The fraction of sp³-hybridized carbons (Fsp3) is 0.417. The van der Waals surface area contributed by atoms with E-state index in [-0.39, 0.29) is 17.9 Å². The maximum absolute atomic E-state index is 12.8. The van der Waals surface area contributed by atoms with Gasteiger partial charge in [-0.2, -0.15) is 0 Å². The molecule has 1 aromatic rings. The maximum atomic E-state index is 12.8. The number of halogens is 2. The zero-order valence-electron chi connectivity index (χ0n) is 10.2. The van der Waals surface area contributed by atoms with Gasteiger partial charge in [-0.25, -0.2) is 0 Å². The number of carbonyl (C=O) groups is 1. The molecule has 0 aromatic heterocycles. The second-order valence-corrected chi connectivity index (χ2v) is 4.33. The predicted octanol–water partition coefficient (Wildman–Crippen LogP) is 1.91. The van der Waals surface area contributed by atoms with Gasteiger partial charge in [-0.3, -0.25) is 4.79 Å². The minimum absolute atomic E-state index is 0.00180. The summed E-state index contributed by atoms with van der Waals surface area (Å²) in [5, 5.41) is 8.57. The molecule has 0 bridgehead atoms. The SMILES string of the molecule is CN(CCC(=O)O)Cc1ccc2c(c1)OC(F)(F)O2. The van der Waals surface area contributed by atoms with Crippen molar-refractivity contribution in [3.63, 3.8) is 0 Å². The Labute approximate surface area is 108 Å². The number of rotatable bonds is 5. The first-order valence-corrected chi connectivity index (χ1v) is 5.65. The van der Waals surface area contributed by atoms with Crippen molar-refractivity contribution in [2.24, 2.45) is 0 Å². The lowest BCUT2D eigenvalue weighted by molar-refractivity contribution is -0.286. The van der Waals surface area contributed by atoms with Crippen molar-refractivity contribution in [3.05, 3.63) is 23.8 Å². The molecule has 0 radical (unpaired) electrons. The smallest absolute Gasteiger partial charge is 0.481 e. The summed E-state index contributed by atoms with van der Waals surface area (Å²) in [6.45, 7) is 0.815. The lowest BCUT2D eigenvalue weighted by Crippen LogP contribution is -2.25. The molecular formula is C12H13F2NO4. The average molecular weight is 273 g/mol. The summed E-state index contributed by atoms with van der Waals surface area (Å²) < 4.78 is 34.3. The van der Waals surface area contributed by atoms with Crippen LogP contribution in [0.5, 0.6) is 11.5 Å². The molecule has 19 heavy (non-hydrogen) atoms. The molecule has 0 atom stereocenters. The zero-order chi connectivity index (χ0) is 14.0. The Morgan fingerprint density at radius 3 is 2.74 bits per heavy atom. The Morgan fingerprint density at radius 2 is 2.05 bits per heavy atom. The van der Waals surface area contributed by atoms with E-state index in [4.69, 9.17) is 5.11 Å². The van der Waals surface area contributed by atoms with Crippen molar-refractivity contribution < 1.29 is 28.2 Å². The minimum atomic E-state index is -3.61. The number of fused-ring (bicyclic) bond motifs is 1. The van der Waals surface area contributed by atoms with Crippen molar-refractivity contribution in [1.29, 1.82) is 0 Å². The lowest BCUT2D eigenvalue weighted by atomic mass is 10.2. The summed E-state index contributed by atoms with van der Waals surface area (Å²) in [5.41, 5.74) is 0.743. The Kier molecular flexibility index (Phi) is 3.57. The summed E-state index contributed by atoms with van der Waals surface area (Å²) in [6, 6.07) is 4.52. The van der Waals surface area contributed by atoms with Crippen LogP contribution in [0.4, 0.5) is 8.78 Å². The molecule has 1 N–H and O–H groups in total. The van der Waals surface area contributed by atoms with Crippen molar-refractivity contribution in [2.75, 3.05) is 13.6 Å². The van der Waals surface area contributed by atoms with E-state index in [0.29, 0.717) is 13.1 Å². The summed E-state index contributed by atoms with van der Waals surface area (Å²) in [4.78, 5) is 12.2. The molecule has 5 nitrogen and oxygen atoms in total. The number of nitrogens with zero attached hydrogens (tertiary/aromatic N) is 1. The average Bonchev–Trinajstić information content (AvgIpc) is 2.59. The first-order chi connectivity index (χ1) is 8.85. The number of carboxylic acid groups (broad SMARTS) is 1. The normalized spacial score (nSPS) is 15.8. The fourth-order valence-corrected chi connectivity index (χ4v) is 1.77. The van der Waals surface area contributed by atoms with Crippen LogP contribution in [0.1, 0.15) is 12.0 Å². The highest BCUT2D eigenvalue weighted by atomic mass is 19.3. The molecule has 1 heterocycles. The highest BCUT2D eigenvalue weighted by molar-refractivity contribution is 5.66. The molecule has 2 rings (SSSR count). The van der Waals surface area contributed by atoms with Crippen molar-refractivity contribution >= 4 is 5.97 Å². The van der Waals surface area contributed by atoms with Crippen LogP contribution in [-0.4, -0.2) is 35.9 Å². The van der Waals surface area contributed by atoms with E-state index >= 15 is 0 Å². The number of hydrogen-bond donors (Lipinski definition) is 1. The molecule has 104 valence electrons. The van der Waals surface area contributed by atoms with Crippen LogP contribution in [0.3, 0.4) is 0 Å². The number of aliphatic carboxylic acids is 1. The van der Waals surface area contributed by atoms with Crippen LogP contribution in [0.15, 0.2) is 18.2 Å². The van der Waals surface area contributed by atoms with E-state index in [9.17, 15) is 13.6 Å². The van der Waals surface area contributed by atoms with Gasteiger partial charge in [-0.15, -0.1) is 8.78 Å². The van der Waals surface area contributed by atoms with Gasteiger partial charge in [0, 0.05) is 13.1 Å². The first-order valence-electron chi connectivity index (χ1n) is 5.65. The Balaban J connectivity index is 1.98. The van der Waals surface area contributed by atoms with Crippen LogP contribution in [0, 0.1) is 0 Å². The number of carboxylic acids is 1. The predicted molar refractivity (Wildman–Crippen MR) is 61.2 cm³/mol. The molecule has 0 aliphatic carbocycles. The van der Waals surface area contributed by atoms with Gasteiger partial charge in [0.05, 0.1) is 6.42 Å². The van der Waals surface area contributed by atoms with E-state index in [0.717, 1.165) is 5.56 Å². The van der Waals surface area contributed by atoms with Gasteiger partial charge in [-0.1, -0.05) is 6.07 Å². The van der Waals surface area contributed by atoms with Gasteiger partial charge in [0.25, 0.3) is 0 Å². The van der Waals surface area contributed by atoms with E-state index in [2.05, 4.69) is 9.47 Å². The molecule has 0 saturated carbocycles. The Morgan fingerprint density at radius 1 is 1.37 bits per heavy atom. The number of benzene rings is 1. The van der Waals surface area contributed by atoms with Crippen molar-refractivity contribution in [2.45, 2.75) is 19.3 Å². The molecule has 0 fully saturated rings. The monoisotopic (exact) mass is 273 g/mol. The fourth-order valence-electron chi connectivity index (χ4n) is 1.77. The molecule has 1 aliphatic heterocycles. The van der Waals surface area contributed by atoms with E-state index in [1.165, 1.54) is 12.1 Å². The van der Waals surface area contributed by atoms with Gasteiger partial charge in [0.15, 0.2) is 11.5 Å². The minimum Gasteiger partial charge on any atom is -0.481 e. The quantitative estimate of drug-likeness (QED) is 0.888. The van der Waals surface area contributed by atoms with Crippen molar-refractivity contribution in [1.82, 2.24) is 4.90 Å². The molecule has 1 aromatic carbocycles. The summed E-state index contributed by atoms with van der Waals surface area (Å²) in [5.74, 6) is -0.881. The Bertz CT molecular complexity index is 493. The van der Waals surface area contributed by atoms with Gasteiger partial charge < -0.3 is 19.5 Å². The van der Waals surface area contributed by atoms with Gasteiger partial charge in [0.1, 0.15) is 0 Å². The highest BCUT2D eigenvalue weighted by Gasteiger charge is 2.43. The molecule has 0 saturated heterocycles. The first kappa shape index (κ1) is 13.5. The topological polar surface area (TPSA) is 59.0 Å². The zero-order valence-corrected chi connectivity index (χ0v) is 10.2. The van der Waals surface area contributed by atoms with Crippen LogP contribution in [0.2, 0.25) is 0 Å². The standard InChI is InChI=1S/C12H13F2NO4/c1-15(5-4-11(16)17)7-8-2-3-9-10(6-8)19-12(13,14)18-9/h2-3,6H,4-5,7H2,1H3,(H,16,17). The van der Waals surface area contributed by atoms with Crippen LogP contribution >= 0.6 is 0 Å². The number of alkyl halides is 2. The molecule has 1 aliphatic rings. The third-order valence-corrected chi connectivity index (χ3v) is 2.63. The second-order valence-electron chi connectivity index (χ2n) is 4.33. The Hall–Kier alpha value is -1.89. The van der Waals surface area contributed by atoms with Crippen molar-refractivity contribution in [3.8, 4) is 11.5 Å². The maximum Gasteiger partial charge on any atom is 0.586 e. The van der Waals surface area contributed by atoms with Crippen LogP contribution < -0.4 is 9.47 Å². The third kappa shape index (κ3) is 3.54.